The van der Waals surface area contributed by atoms with E-state index in [1.807, 2.05) is 0 Å². The van der Waals surface area contributed by atoms with Crippen molar-refractivity contribution in [2.75, 3.05) is 7.11 Å². The predicted molar refractivity (Wildman–Crippen MR) is 91.3 cm³/mol. The molecule has 0 aromatic heterocycles. The van der Waals surface area contributed by atoms with Crippen molar-refractivity contribution in [3.05, 3.63) is 12.2 Å². The third-order valence-corrected chi connectivity index (χ3v) is 6.32. The number of ketones is 1. The summed E-state index contributed by atoms with van der Waals surface area (Å²) in [6.07, 6.45) is 6.40. The first-order valence-corrected chi connectivity index (χ1v) is 9.35. The lowest BCUT2D eigenvalue weighted by Gasteiger charge is -2.37. The number of hydrogen-bond donors (Lipinski definition) is 0. The summed E-state index contributed by atoms with van der Waals surface area (Å²) in [7, 11) is 1.29. The molecule has 0 amide bonds. The molecule has 3 aliphatic rings. The first kappa shape index (κ1) is 18.2. The monoisotopic (exact) mass is 348 g/mol. The van der Waals surface area contributed by atoms with Crippen LogP contribution >= 0.6 is 0 Å². The molecular weight excluding hydrogens is 320 g/mol. The molecule has 0 aliphatic heterocycles. The molecule has 2 bridgehead atoms. The van der Waals surface area contributed by atoms with Gasteiger partial charge in [0.2, 0.25) is 0 Å². The third kappa shape index (κ3) is 3.13. The van der Waals surface area contributed by atoms with Crippen LogP contribution in [0.3, 0.4) is 0 Å². The number of carbonyl (C=O) groups is 3. The first-order valence-electron chi connectivity index (χ1n) is 9.35. The molecule has 25 heavy (non-hydrogen) atoms. The van der Waals surface area contributed by atoms with Crippen molar-refractivity contribution < 1.29 is 23.9 Å². The van der Waals surface area contributed by atoms with Gasteiger partial charge in [0.25, 0.3) is 0 Å². The molecule has 4 unspecified atom stereocenters. The zero-order chi connectivity index (χ0) is 18.3. The Balaban J connectivity index is 1.78. The van der Waals surface area contributed by atoms with Crippen LogP contribution in [0.1, 0.15) is 40.0 Å². The maximum absolute atomic E-state index is 12.9. The fraction of sp³-hybridized carbons (Fsp3) is 0.750. The van der Waals surface area contributed by atoms with Crippen LogP contribution in [0.2, 0.25) is 0 Å². The molecule has 0 aromatic carbocycles. The van der Waals surface area contributed by atoms with Crippen LogP contribution in [0, 0.1) is 41.4 Å². The highest BCUT2D eigenvalue weighted by Crippen LogP contribution is 2.47. The number of Topliss-reactive ketones (excluding diaryl/α,β-unsaturated/α-hetero) is 1. The van der Waals surface area contributed by atoms with E-state index >= 15 is 0 Å². The van der Waals surface area contributed by atoms with Crippen molar-refractivity contribution in [1.29, 1.82) is 0 Å². The summed E-state index contributed by atoms with van der Waals surface area (Å²) >= 11 is 0. The minimum atomic E-state index is -0.737. The van der Waals surface area contributed by atoms with Gasteiger partial charge in [-0.05, 0) is 30.6 Å². The third-order valence-electron chi connectivity index (χ3n) is 6.32. The van der Waals surface area contributed by atoms with E-state index in [0.717, 1.165) is 19.3 Å². The van der Waals surface area contributed by atoms with Gasteiger partial charge in [-0.25, -0.2) is 0 Å². The minimum Gasteiger partial charge on any atom is -0.469 e. The summed E-state index contributed by atoms with van der Waals surface area (Å²) in [5, 5.41) is 0. The molecule has 5 heteroatoms. The minimum absolute atomic E-state index is 0.0604. The van der Waals surface area contributed by atoms with Crippen LogP contribution in [-0.2, 0) is 23.9 Å². The molecule has 0 heterocycles. The highest BCUT2D eigenvalue weighted by Gasteiger charge is 2.58. The van der Waals surface area contributed by atoms with Crippen molar-refractivity contribution in [3.63, 3.8) is 0 Å². The van der Waals surface area contributed by atoms with Gasteiger partial charge in [-0.3, -0.25) is 14.4 Å². The van der Waals surface area contributed by atoms with Crippen LogP contribution < -0.4 is 0 Å². The van der Waals surface area contributed by atoms with E-state index in [9.17, 15) is 14.4 Å². The Morgan fingerprint density at radius 3 is 2.24 bits per heavy atom. The van der Waals surface area contributed by atoms with Crippen molar-refractivity contribution >= 4 is 17.7 Å². The predicted octanol–water partition coefficient (Wildman–Crippen LogP) is 2.78. The molecule has 138 valence electrons. The van der Waals surface area contributed by atoms with E-state index in [1.165, 1.54) is 7.11 Å². The SMILES string of the molecule is COC(=O)C1C2C=CC(C2=O)C1C(=O)O[C@H]1C[C@@H](C)CC[C@@H]1C(C)C. The van der Waals surface area contributed by atoms with Crippen LogP contribution in [0.15, 0.2) is 12.2 Å². The summed E-state index contributed by atoms with van der Waals surface area (Å²) in [6, 6.07) is 0. The lowest BCUT2D eigenvalue weighted by Crippen LogP contribution is -2.41. The van der Waals surface area contributed by atoms with Gasteiger partial charge in [0.15, 0.2) is 0 Å². The zero-order valence-electron chi connectivity index (χ0n) is 15.4. The van der Waals surface area contributed by atoms with Crippen molar-refractivity contribution in [3.8, 4) is 0 Å². The molecule has 0 spiro atoms. The van der Waals surface area contributed by atoms with Crippen LogP contribution in [-0.4, -0.2) is 30.9 Å². The Morgan fingerprint density at radius 1 is 1.08 bits per heavy atom. The molecule has 0 saturated heterocycles. The molecule has 0 N–H and O–H groups in total. The maximum Gasteiger partial charge on any atom is 0.311 e. The van der Waals surface area contributed by atoms with Gasteiger partial charge in [0.1, 0.15) is 11.9 Å². The average molecular weight is 348 g/mol. The average Bonchev–Trinajstić information content (AvgIpc) is 3.06. The summed E-state index contributed by atoms with van der Waals surface area (Å²) in [4.78, 5) is 37.5. The highest BCUT2D eigenvalue weighted by molar-refractivity contribution is 6.02. The van der Waals surface area contributed by atoms with Gasteiger partial charge in [-0.15, -0.1) is 0 Å². The molecular formula is C20H28O5. The Morgan fingerprint density at radius 2 is 1.68 bits per heavy atom. The van der Waals surface area contributed by atoms with E-state index in [-0.39, 0.29) is 11.9 Å². The van der Waals surface area contributed by atoms with Crippen molar-refractivity contribution in [1.82, 2.24) is 0 Å². The molecule has 0 radical (unpaired) electrons. The number of fused-ring (bicyclic) bond motifs is 2. The van der Waals surface area contributed by atoms with Crippen LogP contribution in [0.25, 0.3) is 0 Å². The number of allylic oxidation sites excluding steroid dienone is 2. The molecule has 3 rings (SSSR count). The number of esters is 2. The Bertz CT molecular complexity index is 593. The largest absolute Gasteiger partial charge is 0.469 e. The van der Waals surface area contributed by atoms with Crippen molar-refractivity contribution in [2.24, 2.45) is 41.4 Å². The summed E-state index contributed by atoms with van der Waals surface area (Å²) in [5.41, 5.74) is 0. The molecule has 2 saturated carbocycles. The summed E-state index contributed by atoms with van der Waals surface area (Å²) in [5.74, 6) is -2.24. The second kappa shape index (κ2) is 6.93. The fourth-order valence-electron chi connectivity index (χ4n) is 4.89. The van der Waals surface area contributed by atoms with Gasteiger partial charge >= 0.3 is 11.9 Å². The standard InChI is InChI=1S/C20H28O5/c1-10(2)12-6-5-11(3)9-15(12)25-20(23)17-14-8-7-13(18(14)21)16(17)19(22)24-4/h7-8,10-17H,5-6,9H2,1-4H3/t11-,12+,13?,14?,15-,16?,17?/m0/s1. The topological polar surface area (TPSA) is 69.7 Å². The lowest BCUT2D eigenvalue weighted by molar-refractivity contribution is -0.168. The first-order chi connectivity index (χ1) is 11.8. The van der Waals surface area contributed by atoms with Gasteiger partial charge in [-0.2, -0.15) is 0 Å². The van der Waals surface area contributed by atoms with Crippen LogP contribution in [0.5, 0.6) is 0 Å². The molecule has 3 aliphatic carbocycles. The fourth-order valence-corrected chi connectivity index (χ4v) is 4.89. The van der Waals surface area contributed by atoms with E-state index in [1.54, 1.807) is 12.2 Å². The highest BCUT2D eigenvalue weighted by atomic mass is 16.5. The number of carbonyl (C=O) groups excluding carboxylic acids is 3. The number of methoxy groups -OCH3 is 1. The van der Waals surface area contributed by atoms with E-state index in [4.69, 9.17) is 9.47 Å². The smallest absolute Gasteiger partial charge is 0.311 e. The van der Waals surface area contributed by atoms with Gasteiger partial charge in [-0.1, -0.05) is 39.3 Å². The number of rotatable bonds is 4. The normalized spacial score (nSPS) is 39.7. The van der Waals surface area contributed by atoms with Gasteiger partial charge in [0, 0.05) is 0 Å². The Hall–Kier alpha value is -1.65. The molecule has 7 atom stereocenters. The molecule has 5 nitrogen and oxygen atoms in total. The Labute approximate surface area is 149 Å². The molecule has 0 aromatic rings. The van der Waals surface area contributed by atoms with Crippen LogP contribution in [0.4, 0.5) is 0 Å². The number of hydrogen-bond acceptors (Lipinski definition) is 5. The zero-order valence-corrected chi connectivity index (χ0v) is 15.4. The van der Waals surface area contributed by atoms with Gasteiger partial charge < -0.3 is 9.47 Å². The lowest BCUT2D eigenvalue weighted by atomic mass is 9.75. The van der Waals surface area contributed by atoms with Crippen molar-refractivity contribution in [2.45, 2.75) is 46.1 Å². The maximum atomic E-state index is 12.9. The summed E-state index contributed by atoms with van der Waals surface area (Å²) < 4.78 is 10.8. The van der Waals surface area contributed by atoms with E-state index in [2.05, 4.69) is 20.8 Å². The summed E-state index contributed by atoms with van der Waals surface area (Å²) in [6.45, 7) is 6.49. The molecule has 2 fully saturated rings. The van der Waals surface area contributed by atoms with E-state index in [0.29, 0.717) is 17.8 Å². The van der Waals surface area contributed by atoms with Gasteiger partial charge in [0.05, 0.1) is 30.8 Å². The second-order valence-corrected chi connectivity index (χ2v) is 8.21. The van der Waals surface area contributed by atoms with E-state index < -0.39 is 35.6 Å². The quantitative estimate of drug-likeness (QED) is 0.577. The second-order valence-electron chi connectivity index (χ2n) is 8.21. The number of ether oxygens (including phenoxy) is 2. The Kier molecular flexibility index (Phi) is 5.03.